The highest BCUT2D eigenvalue weighted by Gasteiger charge is 2.40. The maximum absolute atomic E-state index is 12.9. The molecule has 28 heavy (non-hydrogen) atoms. The van der Waals surface area contributed by atoms with Gasteiger partial charge in [-0.2, -0.15) is 0 Å². The van der Waals surface area contributed by atoms with Crippen molar-refractivity contribution in [3.05, 3.63) is 84.4 Å². The molecule has 3 rings (SSSR count). The molecule has 1 heterocycles. The van der Waals surface area contributed by atoms with Crippen molar-refractivity contribution in [2.24, 2.45) is 0 Å². The summed E-state index contributed by atoms with van der Waals surface area (Å²) < 4.78 is 5.37. The quantitative estimate of drug-likeness (QED) is 0.592. The van der Waals surface area contributed by atoms with E-state index in [2.05, 4.69) is 6.58 Å². The number of ether oxygens (including phenoxy) is 1. The van der Waals surface area contributed by atoms with Crippen LogP contribution < -0.4 is 0 Å². The Balaban J connectivity index is 1.70. The Morgan fingerprint density at radius 1 is 1.04 bits per heavy atom. The normalized spacial score (nSPS) is 16.6. The molecule has 2 aromatic carbocycles. The van der Waals surface area contributed by atoms with E-state index in [1.54, 1.807) is 36.4 Å². The number of carbonyl (C=O) groups excluding carboxylic acids is 3. The molecule has 1 aliphatic rings. The summed E-state index contributed by atoms with van der Waals surface area (Å²) in [6.07, 6.45) is 1.24. The van der Waals surface area contributed by atoms with Crippen LogP contribution in [-0.4, -0.2) is 46.8 Å². The third kappa shape index (κ3) is 4.28. The lowest BCUT2D eigenvalue weighted by Gasteiger charge is -2.38. The molecule has 1 aliphatic heterocycles. The second kappa shape index (κ2) is 8.99. The molecule has 6 heteroatoms. The number of benzene rings is 2. The van der Waals surface area contributed by atoms with Crippen LogP contribution in [0.1, 0.15) is 22.3 Å². The van der Waals surface area contributed by atoms with Gasteiger partial charge in [-0.1, -0.05) is 54.6 Å². The lowest BCUT2D eigenvalue weighted by atomic mass is 10.1. The average Bonchev–Trinajstić information content (AvgIpc) is 2.74. The van der Waals surface area contributed by atoms with E-state index in [-0.39, 0.29) is 32.0 Å². The van der Waals surface area contributed by atoms with Crippen LogP contribution in [0.25, 0.3) is 0 Å². The number of carbonyl (C=O) groups is 3. The van der Waals surface area contributed by atoms with Crippen LogP contribution in [0.3, 0.4) is 0 Å². The minimum atomic E-state index is -0.804. The number of nitrogens with zero attached hydrogens (tertiary/aromatic N) is 2. The maximum atomic E-state index is 12.9. The van der Waals surface area contributed by atoms with Crippen LogP contribution in [0, 0.1) is 0 Å². The smallest absolute Gasteiger partial charge is 0.410 e. The summed E-state index contributed by atoms with van der Waals surface area (Å²) in [5, 5.41) is 0. The summed E-state index contributed by atoms with van der Waals surface area (Å²) >= 11 is 0. The topological polar surface area (TPSA) is 66.9 Å². The van der Waals surface area contributed by atoms with Gasteiger partial charge in [0.25, 0.3) is 11.8 Å². The molecule has 0 spiro atoms. The van der Waals surface area contributed by atoms with E-state index in [1.807, 2.05) is 30.3 Å². The SMILES string of the molecule is C=CC[C@H]1C(=O)N(C(=O)c2ccccc2)CCN1C(=O)OCc1ccccc1. The lowest BCUT2D eigenvalue weighted by molar-refractivity contribution is -0.137. The summed E-state index contributed by atoms with van der Waals surface area (Å²) in [6.45, 7) is 4.14. The van der Waals surface area contributed by atoms with Gasteiger partial charge in [0.2, 0.25) is 0 Å². The molecule has 0 unspecified atom stereocenters. The summed E-state index contributed by atoms with van der Waals surface area (Å²) in [4.78, 5) is 40.8. The van der Waals surface area contributed by atoms with Crippen LogP contribution in [0.15, 0.2) is 73.3 Å². The number of imide groups is 1. The Kier molecular flexibility index (Phi) is 6.22. The van der Waals surface area contributed by atoms with Crippen molar-refractivity contribution in [2.75, 3.05) is 13.1 Å². The highest BCUT2D eigenvalue weighted by Crippen LogP contribution is 2.19. The van der Waals surface area contributed by atoms with E-state index in [1.165, 1.54) is 9.80 Å². The second-order valence-electron chi connectivity index (χ2n) is 6.43. The molecule has 2 aromatic rings. The minimum Gasteiger partial charge on any atom is -0.445 e. The van der Waals surface area contributed by atoms with Crippen LogP contribution in [0.2, 0.25) is 0 Å². The van der Waals surface area contributed by atoms with E-state index in [9.17, 15) is 14.4 Å². The first-order valence-electron chi connectivity index (χ1n) is 9.10. The van der Waals surface area contributed by atoms with Gasteiger partial charge in [0.15, 0.2) is 0 Å². The molecule has 1 saturated heterocycles. The Hall–Kier alpha value is -3.41. The molecule has 0 aliphatic carbocycles. The van der Waals surface area contributed by atoms with E-state index >= 15 is 0 Å². The third-order valence-electron chi connectivity index (χ3n) is 4.59. The predicted octanol–water partition coefficient (Wildman–Crippen LogP) is 3.25. The molecular weight excluding hydrogens is 356 g/mol. The number of piperazine rings is 1. The highest BCUT2D eigenvalue weighted by atomic mass is 16.6. The zero-order chi connectivity index (χ0) is 19.9. The average molecular weight is 378 g/mol. The lowest BCUT2D eigenvalue weighted by Crippen LogP contribution is -2.60. The van der Waals surface area contributed by atoms with E-state index < -0.39 is 18.0 Å². The van der Waals surface area contributed by atoms with Gasteiger partial charge in [0.05, 0.1) is 0 Å². The number of amides is 3. The Bertz CT molecular complexity index is 851. The van der Waals surface area contributed by atoms with Gasteiger partial charge in [-0.15, -0.1) is 6.58 Å². The monoisotopic (exact) mass is 378 g/mol. The molecule has 0 N–H and O–H groups in total. The molecule has 1 atom stereocenters. The molecule has 0 radical (unpaired) electrons. The number of rotatable bonds is 5. The summed E-state index contributed by atoms with van der Waals surface area (Å²) in [7, 11) is 0. The minimum absolute atomic E-state index is 0.123. The first-order valence-corrected chi connectivity index (χ1v) is 9.10. The number of hydrogen-bond donors (Lipinski definition) is 0. The van der Waals surface area contributed by atoms with Crippen molar-refractivity contribution >= 4 is 17.9 Å². The fourth-order valence-corrected chi connectivity index (χ4v) is 3.13. The highest BCUT2D eigenvalue weighted by molar-refractivity contribution is 6.07. The first kappa shape index (κ1) is 19.4. The molecule has 0 aromatic heterocycles. The van der Waals surface area contributed by atoms with Gasteiger partial charge < -0.3 is 4.74 Å². The Morgan fingerprint density at radius 2 is 1.68 bits per heavy atom. The fraction of sp³-hybridized carbons (Fsp3) is 0.227. The van der Waals surface area contributed by atoms with Crippen LogP contribution >= 0.6 is 0 Å². The van der Waals surface area contributed by atoms with Gasteiger partial charge in [-0.25, -0.2) is 4.79 Å². The van der Waals surface area contributed by atoms with Crippen molar-refractivity contribution in [2.45, 2.75) is 19.1 Å². The van der Waals surface area contributed by atoms with Gasteiger partial charge in [-0.3, -0.25) is 19.4 Å². The van der Waals surface area contributed by atoms with Crippen molar-refractivity contribution in [1.82, 2.24) is 9.80 Å². The standard InChI is InChI=1S/C22H22N2O4/c1-2-9-19-21(26)24(20(25)18-12-7-4-8-13-18)15-14-23(19)22(27)28-16-17-10-5-3-6-11-17/h2-8,10-13,19H,1,9,14-16H2/t19-/m0/s1. The fourth-order valence-electron chi connectivity index (χ4n) is 3.13. The van der Waals surface area contributed by atoms with Gasteiger partial charge >= 0.3 is 6.09 Å². The van der Waals surface area contributed by atoms with Gasteiger partial charge in [0, 0.05) is 18.7 Å². The molecule has 0 bridgehead atoms. The third-order valence-corrected chi connectivity index (χ3v) is 4.59. The van der Waals surface area contributed by atoms with Gasteiger partial charge in [-0.05, 0) is 24.1 Å². The van der Waals surface area contributed by atoms with E-state index in [0.717, 1.165) is 5.56 Å². The van der Waals surface area contributed by atoms with E-state index in [4.69, 9.17) is 4.74 Å². The number of hydrogen-bond acceptors (Lipinski definition) is 4. The van der Waals surface area contributed by atoms with Crippen LogP contribution in [0.4, 0.5) is 4.79 Å². The summed E-state index contributed by atoms with van der Waals surface area (Å²) in [6, 6.07) is 17.1. The van der Waals surface area contributed by atoms with Crippen molar-refractivity contribution in [3.8, 4) is 0 Å². The molecule has 3 amide bonds. The largest absolute Gasteiger partial charge is 0.445 e. The molecule has 1 fully saturated rings. The van der Waals surface area contributed by atoms with Crippen LogP contribution in [0.5, 0.6) is 0 Å². The zero-order valence-corrected chi connectivity index (χ0v) is 15.5. The molecule has 6 nitrogen and oxygen atoms in total. The van der Waals surface area contributed by atoms with Crippen molar-refractivity contribution in [3.63, 3.8) is 0 Å². The molecule has 144 valence electrons. The summed E-state index contributed by atoms with van der Waals surface area (Å²) in [5.74, 6) is -0.784. The molecule has 0 saturated carbocycles. The van der Waals surface area contributed by atoms with Crippen LogP contribution in [-0.2, 0) is 16.1 Å². The molecular formula is C22H22N2O4. The zero-order valence-electron chi connectivity index (χ0n) is 15.5. The summed E-state index contributed by atoms with van der Waals surface area (Å²) in [5.41, 5.74) is 1.30. The Labute approximate surface area is 164 Å². The maximum Gasteiger partial charge on any atom is 0.410 e. The van der Waals surface area contributed by atoms with Crippen molar-refractivity contribution < 1.29 is 19.1 Å². The van der Waals surface area contributed by atoms with Gasteiger partial charge in [0.1, 0.15) is 12.6 Å². The second-order valence-corrected chi connectivity index (χ2v) is 6.43. The Morgan fingerprint density at radius 3 is 2.32 bits per heavy atom. The predicted molar refractivity (Wildman–Crippen MR) is 104 cm³/mol. The first-order chi connectivity index (χ1) is 13.6. The van der Waals surface area contributed by atoms with Crippen molar-refractivity contribution in [1.29, 1.82) is 0 Å². The van der Waals surface area contributed by atoms with E-state index in [0.29, 0.717) is 5.56 Å².